The molecule has 1 aromatic carbocycles. The summed E-state index contributed by atoms with van der Waals surface area (Å²) >= 11 is 0. The van der Waals surface area contributed by atoms with Gasteiger partial charge in [-0.2, -0.15) is 0 Å². The van der Waals surface area contributed by atoms with Gasteiger partial charge in [0.05, 0.1) is 16.6 Å². The molecule has 5 nitrogen and oxygen atoms in total. The van der Waals surface area contributed by atoms with Gasteiger partial charge in [0.2, 0.25) is 0 Å². The Balaban J connectivity index is 2.36. The van der Waals surface area contributed by atoms with Gasteiger partial charge in [0.1, 0.15) is 6.10 Å². The van der Waals surface area contributed by atoms with Gasteiger partial charge in [-0.3, -0.25) is 10.1 Å². The summed E-state index contributed by atoms with van der Waals surface area (Å²) in [4.78, 5) is 10.4. The molecule has 1 aliphatic rings. The number of benzene rings is 1. The number of hydrogen-bond donors (Lipinski definition) is 0. The first kappa shape index (κ1) is 11.0. The molecule has 1 saturated heterocycles. The Kier molecular flexibility index (Phi) is 2.89. The van der Waals surface area contributed by atoms with E-state index in [1.54, 1.807) is 25.1 Å². The van der Waals surface area contributed by atoms with Gasteiger partial charge in [-0.1, -0.05) is 12.1 Å². The summed E-state index contributed by atoms with van der Waals surface area (Å²) in [6.45, 7) is 5.52. The highest BCUT2D eigenvalue weighted by molar-refractivity contribution is 5.42. The van der Waals surface area contributed by atoms with Crippen molar-refractivity contribution in [3.63, 3.8) is 0 Å². The third-order valence-corrected chi connectivity index (χ3v) is 2.48. The maximum absolute atomic E-state index is 10.9. The standard InChI is InChI=1S/C11H12NO4/c1-7-11(16-8(2)15-7)9-5-3-4-6-10(9)12(13)14/h3-8,11H,1H2,2H3/t7-,8?,11+/m0/s1. The van der Waals surface area contributed by atoms with Crippen molar-refractivity contribution in [2.45, 2.75) is 25.4 Å². The number of rotatable bonds is 2. The number of ether oxygens (including phenoxy) is 2. The predicted molar refractivity (Wildman–Crippen MR) is 56.6 cm³/mol. The van der Waals surface area contributed by atoms with Crippen molar-refractivity contribution < 1.29 is 14.4 Å². The van der Waals surface area contributed by atoms with Crippen molar-refractivity contribution in [1.82, 2.24) is 0 Å². The van der Waals surface area contributed by atoms with Crippen molar-refractivity contribution in [3.8, 4) is 0 Å². The second-order valence-corrected chi connectivity index (χ2v) is 3.61. The van der Waals surface area contributed by atoms with Crippen molar-refractivity contribution in [3.05, 3.63) is 46.9 Å². The maximum atomic E-state index is 10.9. The van der Waals surface area contributed by atoms with Gasteiger partial charge in [-0.05, 0) is 19.9 Å². The van der Waals surface area contributed by atoms with E-state index in [2.05, 4.69) is 6.92 Å². The Morgan fingerprint density at radius 1 is 1.38 bits per heavy atom. The number of nitro benzene ring substituents is 1. The Bertz CT molecular complexity index is 407. The molecular weight excluding hydrogens is 210 g/mol. The van der Waals surface area contributed by atoms with Gasteiger partial charge in [-0.15, -0.1) is 0 Å². The number of hydrogen-bond acceptors (Lipinski definition) is 4. The molecule has 0 N–H and O–H groups in total. The Morgan fingerprint density at radius 2 is 2.06 bits per heavy atom. The van der Waals surface area contributed by atoms with Crippen LogP contribution in [0.2, 0.25) is 0 Å². The van der Waals surface area contributed by atoms with E-state index in [1.165, 1.54) is 6.07 Å². The highest BCUT2D eigenvalue weighted by Crippen LogP contribution is 2.36. The number of nitro groups is 1. The molecule has 1 radical (unpaired) electrons. The van der Waals surface area contributed by atoms with E-state index < -0.39 is 17.1 Å². The SMILES string of the molecule is [CH2][C@@H]1OC(C)O[C@H]1c1ccccc1[N+](=O)[O-]. The summed E-state index contributed by atoms with van der Waals surface area (Å²) in [6, 6.07) is 6.48. The molecule has 1 heterocycles. The lowest BCUT2D eigenvalue weighted by Crippen LogP contribution is -2.12. The molecule has 5 heteroatoms. The van der Waals surface area contributed by atoms with Crippen LogP contribution in [0.15, 0.2) is 24.3 Å². The molecule has 2 rings (SSSR count). The van der Waals surface area contributed by atoms with Crippen molar-refractivity contribution in [1.29, 1.82) is 0 Å². The molecule has 85 valence electrons. The monoisotopic (exact) mass is 222 g/mol. The zero-order chi connectivity index (χ0) is 11.7. The molecule has 0 aromatic heterocycles. The molecule has 16 heavy (non-hydrogen) atoms. The second-order valence-electron chi connectivity index (χ2n) is 3.61. The molecular formula is C11H12NO4. The topological polar surface area (TPSA) is 61.6 Å². The molecule has 0 aliphatic carbocycles. The van der Waals surface area contributed by atoms with Gasteiger partial charge in [-0.25, -0.2) is 0 Å². The summed E-state index contributed by atoms with van der Waals surface area (Å²) in [7, 11) is 0. The maximum Gasteiger partial charge on any atom is 0.275 e. The number of para-hydroxylation sites is 1. The summed E-state index contributed by atoms with van der Waals surface area (Å²) in [5.74, 6) is 0. The van der Waals surface area contributed by atoms with Crippen LogP contribution >= 0.6 is 0 Å². The van der Waals surface area contributed by atoms with E-state index in [9.17, 15) is 10.1 Å². The molecule has 1 fully saturated rings. The van der Waals surface area contributed by atoms with E-state index >= 15 is 0 Å². The first-order chi connectivity index (χ1) is 7.59. The van der Waals surface area contributed by atoms with Crippen LogP contribution in [-0.4, -0.2) is 17.3 Å². The van der Waals surface area contributed by atoms with E-state index in [-0.39, 0.29) is 12.0 Å². The lowest BCUT2D eigenvalue weighted by molar-refractivity contribution is -0.386. The first-order valence-corrected chi connectivity index (χ1v) is 4.97. The average molecular weight is 222 g/mol. The van der Waals surface area contributed by atoms with E-state index in [0.717, 1.165) is 0 Å². The van der Waals surface area contributed by atoms with Crippen LogP contribution < -0.4 is 0 Å². The van der Waals surface area contributed by atoms with Gasteiger partial charge >= 0.3 is 0 Å². The van der Waals surface area contributed by atoms with Crippen LogP contribution in [0.5, 0.6) is 0 Å². The fraction of sp³-hybridized carbons (Fsp3) is 0.364. The van der Waals surface area contributed by atoms with E-state index in [0.29, 0.717) is 5.56 Å². The molecule has 0 spiro atoms. The minimum Gasteiger partial charge on any atom is -0.347 e. The Labute approximate surface area is 93.1 Å². The largest absolute Gasteiger partial charge is 0.347 e. The van der Waals surface area contributed by atoms with Gasteiger partial charge < -0.3 is 9.47 Å². The molecule has 1 aliphatic heterocycles. The van der Waals surface area contributed by atoms with Crippen LogP contribution in [-0.2, 0) is 9.47 Å². The van der Waals surface area contributed by atoms with Crippen LogP contribution in [0, 0.1) is 17.0 Å². The second kappa shape index (κ2) is 4.19. The van der Waals surface area contributed by atoms with Gasteiger partial charge in [0.25, 0.3) is 5.69 Å². The molecule has 0 bridgehead atoms. The minimum atomic E-state index is -0.475. The summed E-state index contributed by atoms with van der Waals surface area (Å²) in [5, 5.41) is 10.9. The molecule has 0 amide bonds. The third-order valence-electron chi connectivity index (χ3n) is 2.48. The van der Waals surface area contributed by atoms with Crippen molar-refractivity contribution in [2.75, 3.05) is 0 Å². The van der Waals surface area contributed by atoms with Crippen LogP contribution in [0.4, 0.5) is 5.69 Å². The van der Waals surface area contributed by atoms with Crippen LogP contribution in [0.1, 0.15) is 18.6 Å². The highest BCUT2D eigenvalue weighted by atomic mass is 16.7. The summed E-state index contributed by atoms with van der Waals surface area (Å²) < 4.78 is 10.8. The highest BCUT2D eigenvalue weighted by Gasteiger charge is 2.35. The van der Waals surface area contributed by atoms with Gasteiger partial charge in [0.15, 0.2) is 6.29 Å². The first-order valence-electron chi connectivity index (χ1n) is 4.97. The normalized spacial score (nSPS) is 29.2. The average Bonchev–Trinajstić information content (AvgIpc) is 2.57. The van der Waals surface area contributed by atoms with E-state index in [4.69, 9.17) is 9.47 Å². The van der Waals surface area contributed by atoms with Crippen molar-refractivity contribution >= 4 is 5.69 Å². The smallest absolute Gasteiger partial charge is 0.275 e. The lowest BCUT2D eigenvalue weighted by Gasteiger charge is -2.12. The lowest BCUT2D eigenvalue weighted by atomic mass is 10.0. The minimum absolute atomic E-state index is 0.0406. The zero-order valence-electron chi connectivity index (χ0n) is 8.83. The quantitative estimate of drug-likeness (QED) is 0.568. The molecule has 1 aromatic rings. The fourth-order valence-corrected chi connectivity index (χ4v) is 1.81. The fourth-order valence-electron chi connectivity index (χ4n) is 1.81. The van der Waals surface area contributed by atoms with Crippen molar-refractivity contribution in [2.24, 2.45) is 0 Å². The summed E-state index contributed by atoms with van der Waals surface area (Å²) in [5.41, 5.74) is 0.552. The molecule has 1 unspecified atom stereocenters. The molecule has 0 saturated carbocycles. The number of nitrogens with zero attached hydrogens (tertiary/aromatic N) is 1. The third kappa shape index (κ3) is 1.91. The predicted octanol–water partition coefficient (Wildman–Crippen LogP) is 2.23. The van der Waals surface area contributed by atoms with Crippen LogP contribution in [0.3, 0.4) is 0 Å². The Hall–Kier alpha value is -1.46. The Morgan fingerprint density at radius 3 is 2.62 bits per heavy atom. The van der Waals surface area contributed by atoms with E-state index in [1.807, 2.05) is 0 Å². The summed E-state index contributed by atoms with van der Waals surface area (Å²) in [6.07, 6.45) is -1.28. The zero-order valence-corrected chi connectivity index (χ0v) is 8.83. The molecule has 3 atom stereocenters. The van der Waals surface area contributed by atoms with Crippen LogP contribution in [0.25, 0.3) is 0 Å². The van der Waals surface area contributed by atoms with Gasteiger partial charge in [0, 0.05) is 6.07 Å².